The Balaban J connectivity index is 1.77. The number of carbonyl (C=O) groups excluding carboxylic acids is 2. The Labute approximate surface area is 157 Å². The van der Waals surface area contributed by atoms with E-state index >= 15 is 0 Å². The van der Waals surface area contributed by atoms with Gasteiger partial charge in [-0.25, -0.2) is 4.79 Å². The first-order chi connectivity index (χ1) is 12.8. The van der Waals surface area contributed by atoms with Gasteiger partial charge in [-0.3, -0.25) is 4.79 Å². The highest BCUT2D eigenvalue weighted by atomic mass is 16.7. The summed E-state index contributed by atoms with van der Waals surface area (Å²) in [6.45, 7) is 5.43. The molecule has 0 saturated carbocycles. The minimum Gasteiger partial charge on any atom is -0.454 e. The van der Waals surface area contributed by atoms with Crippen LogP contribution in [0, 0.1) is 0 Å². The fraction of sp³-hybridized carbons (Fsp3) is 0.300. The number of hydrogen-bond donors (Lipinski definition) is 2. The van der Waals surface area contributed by atoms with Crippen molar-refractivity contribution in [3.63, 3.8) is 0 Å². The lowest BCUT2D eigenvalue weighted by Crippen LogP contribution is -2.40. The number of nitrogens with one attached hydrogen (secondary N) is 2. The second kappa shape index (κ2) is 7.57. The van der Waals surface area contributed by atoms with Gasteiger partial charge in [-0.2, -0.15) is 0 Å². The van der Waals surface area contributed by atoms with E-state index in [0.717, 1.165) is 0 Å². The summed E-state index contributed by atoms with van der Waals surface area (Å²) in [5, 5.41) is 5.43. The zero-order chi connectivity index (χ0) is 19.4. The van der Waals surface area contributed by atoms with Crippen molar-refractivity contribution < 1.29 is 23.8 Å². The van der Waals surface area contributed by atoms with E-state index in [9.17, 15) is 9.59 Å². The molecule has 2 aromatic rings. The second-order valence-electron chi connectivity index (χ2n) is 7.05. The van der Waals surface area contributed by atoms with Gasteiger partial charge in [0, 0.05) is 11.8 Å². The van der Waals surface area contributed by atoms with E-state index in [4.69, 9.17) is 14.2 Å². The molecule has 0 fully saturated rings. The van der Waals surface area contributed by atoms with E-state index in [1.54, 1.807) is 63.2 Å². The molecule has 1 atom stereocenters. The van der Waals surface area contributed by atoms with Gasteiger partial charge in [0.25, 0.3) is 5.91 Å². The number of amides is 2. The number of ether oxygens (including phenoxy) is 3. The van der Waals surface area contributed by atoms with E-state index in [-0.39, 0.29) is 6.79 Å². The van der Waals surface area contributed by atoms with Crippen molar-refractivity contribution in [1.82, 2.24) is 5.32 Å². The number of anilines is 1. The van der Waals surface area contributed by atoms with Gasteiger partial charge in [-0.1, -0.05) is 30.3 Å². The van der Waals surface area contributed by atoms with Crippen LogP contribution in [0.3, 0.4) is 0 Å². The summed E-state index contributed by atoms with van der Waals surface area (Å²) in [6, 6.07) is 13.2. The fourth-order valence-electron chi connectivity index (χ4n) is 2.56. The van der Waals surface area contributed by atoms with Gasteiger partial charge >= 0.3 is 6.09 Å². The molecule has 7 nitrogen and oxygen atoms in total. The third-order valence-corrected chi connectivity index (χ3v) is 3.70. The number of hydrogen-bond acceptors (Lipinski definition) is 5. The molecule has 1 aliphatic heterocycles. The molecule has 0 bridgehead atoms. The molecule has 0 unspecified atom stereocenters. The third-order valence-electron chi connectivity index (χ3n) is 3.70. The fourth-order valence-corrected chi connectivity index (χ4v) is 2.56. The smallest absolute Gasteiger partial charge is 0.408 e. The predicted octanol–water partition coefficient (Wildman–Crippen LogP) is 3.62. The van der Waals surface area contributed by atoms with Crippen molar-refractivity contribution in [3.05, 3.63) is 54.1 Å². The van der Waals surface area contributed by atoms with Crippen LogP contribution in [0.2, 0.25) is 0 Å². The summed E-state index contributed by atoms with van der Waals surface area (Å²) < 4.78 is 15.9. The van der Waals surface area contributed by atoms with Crippen LogP contribution in [0.25, 0.3) is 0 Å². The van der Waals surface area contributed by atoms with Crippen LogP contribution in [0.1, 0.15) is 32.4 Å². The molecule has 2 amide bonds. The summed E-state index contributed by atoms with van der Waals surface area (Å²) in [5.74, 6) is 0.787. The van der Waals surface area contributed by atoms with Crippen LogP contribution in [-0.2, 0) is 9.53 Å². The highest BCUT2D eigenvalue weighted by Crippen LogP contribution is 2.34. The average Bonchev–Trinajstić information content (AvgIpc) is 3.06. The lowest BCUT2D eigenvalue weighted by Gasteiger charge is -2.23. The van der Waals surface area contributed by atoms with Gasteiger partial charge in [0.1, 0.15) is 11.6 Å². The quantitative estimate of drug-likeness (QED) is 0.858. The van der Waals surface area contributed by atoms with E-state index in [1.807, 2.05) is 6.07 Å². The summed E-state index contributed by atoms with van der Waals surface area (Å²) in [6.07, 6.45) is -0.669. The highest BCUT2D eigenvalue weighted by molar-refractivity contribution is 5.97. The van der Waals surface area contributed by atoms with Crippen molar-refractivity contribution in [2.75, 3.05) is 12.1 Å². The van der Waals surface area contributed by atoms with Crippen LogP contribution in [-0.4, -0.2) is 24.4 Å². The molecule has 1 heterocycles. The van der Waals surface area contributed by atoms with Crippen LogP contribution < -0.4 is 20.1 Å². The Hall–Kier alpha value is -3.22. The molecule has 0 aromatic heterocycles. The molecule has 2 N–H and O–H groups in total. The van der Waals surface area contributed by atoms with Crippen molar-refractivity contribution in [2.45, 2.75) is 32.4 Å². The Morgan fingerprint density at radius 2 is 1.74 bits per heavy atom. The summed E-state index contributed by atoms with van der Waals surface area (Å²) >= 11 is 0. The summed E-state index contributed by atoms with van der Waals surface area (Å²) in [7, 11) is 0. The number of carbonyl (C=O) groups is 2. The standard InChI is InChI=1S/C20H22N2O5/c1-20(2,3)27-19(24)22-17(13-7-5-4-6-8-13)18(23)21-14-9-10-15-16(11-14)26-12-25-15/h4-11,17H,12H2,1-3H3,(H,21,23)(H,22,24)/t17-/m0/s1. The monoisotopic (exact) mass is 370 g/mol. The van der Waals surface area contributed by atoms with Crippen molar-refractivity contribution >= 4 is 17.7 Å². The van der Waals surface area contributed by atoms with E-state index in [2.05, 4.69) is 10.6 Å². The number of benzene rings is 2. The molecule has 0 saturated heterocycles. The molecule has 7 heteroatoms. The second-order valence-corrected chi connectivity index (χ2v) is 7.05. The Bertz CT molecular complexity index is 830. The highest BCUT2D eigenvalue weighted by Gasteiger charge is 2.26. The zero-order valence-electron chi connectivity index (χ0n) is 15.4. The maximum absolute atomic E-state index is 12.9. The SMILES string of the molecule is CC(C)(C)OC(=O)N[C@H](C(=O)Nc1ccc2c(c1)OCO2)c1ccccc1. The van der Waals surface area contributed by atoms with Gasteiger partial charge < -0.3 is 24.8 Å². The molecule has 3 rings (SSSR count). The van der Waals surface area contributed by atoms with Crippen molar-refractivity contribution in [1.29, 1.82) is 0 Å². The molecular weight excluding hydrogens is 348 g/mol. The largest absolute Gasteiger partial charge is 0.454 e. The third kappa shape index (κ3) is 4.91. The summed E-state index contributed by atoms with van der Waals surface area (Å²) in [5.41, 5.74) is 0.511. The van der Waals surface area contributed by atoms with Crippen molar-refractivity contribution in [2.24, 2.45) is 0 Å². The molecule has 0 radical (unpaired) electrons. The maximum Gasteiger partial charge on any atom is 0.408 e. The number of alkyl carbamates (subject to hydrolysis) is 1. The minimum absolute atomic E-state index is 0.152. The molecule has 27 heavy (non-hydrogen) atoms. The first-order valence-electron chi connectivity index (χ1n) is 8.57. The molecule has 0 aliphatic carbocycles. The maximum atomic E-state index is 12.9. The first kappa shape index (κ1) is 18.6. The van der Waals surface area contributed by atoms with Gasteiger partial charge in [-0.05, 0) is 38.5 Å². The van der Waals surface area contributed by atoms with Crippen LogP contribution >= 0.6 is 0 Å². The normalized spacial score (nSPS) is 13.6. The van der Waals surface area contributed by atoms with Crippen molar-refractivity contribution in [3.8, 4) is 11.5 Å². The van der Waals surface area contributed by atoms with Gasteiger partial charge in [0.2, 0.25) is 6.79 Å². The predicted molar refractivity (Wildman–Crippen MR) is 99.7 cm³/mol. The minimum atomic E-state index is -0.911. The van der Waals surface area contributed by atoms with E-state index in [0.29, 0.717) is 22.7 Å². The lowest BCUT2D eigenvalue weighted by molar-refractivity contribution is -0.118. The van der Waals surface area contributed by atoms with Crippen LogP contribution in [0.4, 0.5) is 10.5 Å². The van der Waals surface area contributed by atoms with Gasteiger partial charge in [0.05, 0.1) is 0 Å². The summed E-state index contributed by atoms with van der Waals surface area (Å²) in [4.78, 5) is 25.1. The number of fused-ring (bicyclic) bond motifs is 1. The molecule has 1 aliphatic rings. The van der Waals surface area contributed by atoms with E-state index < -0.39 is 23.6 Å². The van der Waals surface area contributed by atoms with Crippen LogP contribution in [0.5, 0.6) is 11.5 Å². The van der Waals surface area contributed by atoms with E-state index in [1.165, 1.54) is 0 Å². The Kier molecular flexibility index (Phi) is 5.21. The Morgan fingerprint density at radius 3 is 2.44 bits per heavy atom. The molecule has 0 spiro atoms. The molecule has 2 aromatic carbocycles. The number of rotatable bonds is 4. The molecule has 142 valence electrons. The first-order valence-corrected chi connectivity index (χ1v) is 8.57. The topological polar surface area (TPSA) is 85.9 Å². The van der Waals surface area contributed by atoms with Crippen LogP contribution in [0.15, 0.2) is 48.5 Å². The Morgan fingerprint density at radius 1 is 1.04 bits per heavy atom. The van der Waals surface area contributed by atoms with Gasteiger partial charge in [0.15, 0.2) is 11.5 Å². The lowest BCUT2D eigenvalue weighted by atomic mass is 10.1. The van der Waals surface area contributed by atoms with Gasteiger partial charge in [-0.15, -0.1) is 0 Å². The molecular formula is C20H22N2O5. The zero-order valence-corrected chi connectivity index (χ0v) is 15.4. The average molecular weight is 370 g/mol.